The van der Waals surface area contributed by atoms with Crippen molar-refractivity contribution in [2.75, 3.05) is 11.6 Å². The molecule has 1 amide bonds. The predicted molar refractivity (Wildman–Crippen MR) is 90.0 cm³/mol. The Kier molecular flexibility index (Phi) is 7.66. The van der Waals surface area contributed by atoms with E-state index in [-0.39, 0.29) is 0 Å². The van der Waals surface area contributed by atoms with Gasteiger partial charge in [-0.05, 0) is 38.3 Å². The van der Waals surface area contributed by atoms with Crippen LogP contribution in [0.4, 0.5) is 10.5 Å². The summed E-state index contributed by atoms with van der Waals surface area (Å²) in [5.74, 6) is 0. The SMILES string of the molecule is C/C=C(\Cl)C(C)OC(=O)Nc1ccc(Cl)cc1SSC. The third-order valence-corrected chi connectivity index (χ3v) is 4.78. The Balaban J connectivity index is 2.75. The van der Waals surface area contributed by atoms with Gasteiger partial charge in [0, 0.05) is 9.92 Å². The number of benzene rings is 1. The largest absolute Gasteiger partial charge is 0.440 e. The number of carbonyl (C=O) groups excluding carboxylic acids is 1. The van der Waals surface area contributed by atoms with E-state index >= 15 is 0 Å². The maximum atomic E-state index is 11.8. The Morgan fingerprint density at radius 2 is 2.20 bits per heavy atom. The average Bonchev–Trinajstić information content (AvgIpc) is 2.41. The number of nitrogens with one attached hydrogen (secondary N) is 1. The van der Waals surface area contributed by atoms with Gasteiger partial charge >= 0.3 is 6.09 Å². The van der Waals surface area contributed by atoms with Gasteiger partial charge in [-0.3, -0.25) is 5.32 Å². The Labute approximate surface area is 136 Å². The molecular formula is C13H15Cl2NO2S2. The summed E-state index contributed by atoms with van der Waals surface area (Å²) >= 11 is 11.8. The van der Waals surface area contributed by atoms with Crippen molar-refractivity contribution in [3.8, 4) is 0 Å². The van der Waals surface area contributed by atoms with E-state index in [1.165, 1.54) is 10.8 Å². The highest BCUT2D eigenvalue weighted by Gasteiger charge is 2.14. The maximum Gasteiger partial charge on any atom is 0.412 e. The van der Waals surface area contributed by atoms with E-state index in [0.717, 1.165) is 4.90 Å². The van der Waals surface area contributed by atoms with Gasteiger partial charge in [-0.25, -0.2) is 4.79 Å². The highest BCUT2D eigenvalue weighted by Crippen LogP contribution is 2.36. The van der Waals surface area contributed by atoms with Gasteiger partial charge < -0.3 is 4.74 Å². The number of hydrogen-bond donors (Lipinski definition) is 1. The van der Waals surface area contributed by atoms with E-state index in [9.17, 15) is 4.79 Å². The minimum atomic E-state index is -0.553. The molecular weight excluding hydrogens is 337 g/mol. The molecule has 0 spiro atoms. The molecule has 110 valence electrons. The molecule has 0 radical (unpaired) electrons. The number of anilines is 1. The van der Waals surface area contributed by atoms with Crippen LogP contribution in [0.3, 0.4) is 0 Å². The fraction of sp³-hybridized carbons (Fsp3) is 0.308. The number of hydrogen-bond acceptors (Lipinski definition) is 4. The Morgan fingerprint density at radius 1 is 1.50 bits per heavy atom. The molecule has 0 aliphatic rings. The molecule has 0 bridgehead atoms. The molecule has 0 aromatic heterocycles. The lowest BCUT2D eigenvalue weighted by Crippen LogP contribution is -2.20. The summed E-state index contributed by atoms with van der Waals surface area (Å²) in [5.41, 5.74) is 0.655. The molecule has 1 atom stereocenters. The van der Waals surface area contributed by atoms with Crippen LogP contribution in [-0.4, -0.2) is 18.5 Å². The summed E-state index contributed by atoms with van der Waals surface area (Å²) in [4.78, 5) is 12.7. The zero-order chi connectivity index (χ0) is 15.1. The van der Waals surface area contributed by atoms with Gasteiger partial charge in [0.15, 0.2) is 0 Å². The van der Waals surface area contributed by atoms with Gasteiger partial charge in [-0.2, -0.15) is 0 Å². The van der Waals surface area contributed by atoms with Crippen molar-refractivity contribution in [3.63, 3.8) is 0 Å². The monoisotopic (exact) mass is 351 g/mol. The van der Waals surface area contributed by atoms with Gasteiger partial charge in [0.1, 0.15) is 6.10 Å². The molecule has 20 heavy (non-hydrogen) atoms. The van der Waals surface area contributed by atoms with E-state index in [0.29, 0.717) is 15.7 Å². The third kappa shape index (κ3) is 5.48. The highest BCUT2D eigenvalue weighted by molar-refractivity contribution is 8.76. The molecule has 0 heterocycles. The molecule has 0 aliphatic heterocycles. The van der Waals surface area contributed by atoms with E-state index in [1.807, 2.05) is 6.26 Å². The number of halogens is 2. The number of amides is 1. The van der Waals surface area contributed by atoms with Crippen molar-refractivity contribution < 1.29 is 9.53 Å². The quantitative estimate of drug-likeness (QED) is 0.681. The molecule has 0 aliphatic carbocycles. The topological polar surface area (TPSA) is 38.3 Å². The van der Waals surface area contributed by atoms with Crippen molar-refractivity contribution in [2.45, 2.75) is 24.8 Å². The van der Waals surface area contributed by atoms with Gasteiger partial charge in [0.2, 0.25) is 0 Å². The summed E-state index contributed by atoms with van der Waals surface area (Å²) in [6, 6.07) is 5.24. The molecule has 0 saturated carbocycles. The lowest BCUT2D eigenvalue weighted by atomic mass is 10.3. The smallest absolute Gasteiger partial charge is 0.412 e. The lowest BCUT2D eigenvalue weighted by molar-refractivity contribution is 0.140. The van der Waals surface area contributed by atoms with Crippen LogP contribution >= 0.6 is 44.8 Å². The Hall–Kier alpha value is -0.490. The summed E-state index contributed by atoms with van der Waals surface area (Å²) in [6.45, 7) is 3.49. The van der Waals surface area contributed by atoms with Crippen LogP contribution in [0.5, 0.6) is 0 Å². The first-order valence-electron chi connectivity index (χ1n) is 5.77. The van der Waals surface area contributed by atoms with E-state index < -0.39 is 12.2 Å². The van der Waals surface area contributed by atoms with Crippen LogP contribution in [0.25, 0.3) is 0 Å². The van der Waals surface area contributed by atoms with Gasteiger partial charge in [0.05, 0.1) is 10.7 Å². The molecule has 1 rings (SSSR count). The summed E-state index contributed by atoms with van der Waals surface area (Å²) in [5, 5.41) is 3.79. The van der Waals surface area contributed by atoms with Crippen LogP contribution in [0.1, 0.15) is 13.8 Å². The fourth-order valence-corrected chi connectivity index (χ4v) is 3.15. The van der Waals surface area contributed by atoms with E-state index in [1.54, 1.807) is 48.9 Å². The second kappa shape index (κ2) is 8.72. The standard InChI is InChI=1S/C13H15Cl2NO2S2/c1-4-10(15)8(2)18-13(17)16-11-6-5-9(14)7-12(11)20-19-3/h4-8H,1-3H3,(H,16,17)/b10-4-. The number of ether oxygens (including phenoxy) is 1. The second-order valence-corrected chi connectivity index (χ2v) is 7.05. The van der Waals surface area contributed by atoms with Crippen LogP contribution < -0.4 is 5.32 Å². The van der Waals surface area contributed by atoms with Gasteiger partial charge in [-0.15, -0.1) is 0 Å². The summed E-state index contributed by atoms with van der Waals surface area (Å²) in [6.07, 6.45) is 2.60. The zero-order valence-corrected chi connectivity index (χ0v) is 14.4. The third-order valence-electron chi connectivity index (χ3n) is 2.30. The molecule has 0 saturated heterocycles. The van der Waals surface area contributed by atoms with Crippen LogP contribution in [0.2, 0.25) is 5.02 Å². The minimum absolute atomic E-state index is 0.481. The minimum Gasteiger partial charge on any atom is -0.440 e. The van der Waals surface area contributed by atoms with Crippen molar-refractivity contribution in [1.82, 2.24) is 0 Å². The summed E-state index contributed by atoms with van der Waals surface area (Å²) < 4.78 is 5.17. The van der Waals surface area contributed by atoms with Crippen LogP contribution in [-0.2, 0) is 4.74 Å². The lowest BCUT2D eigenvalue weighted by Gasteiger charge is -2.14. The predicted octanol–water partition coefficient (Wildman–Crippen LogP) is 5.79. The van der Waals surface area contributed by atoms with Crippen LogP contribution in [0.15, 0.2) is 34.2 Å². The van der Waals surface area contributed by atoms with Crippen molar-refractivity contribution >= 4 is 56.6 Å². The normalized spacial score (nSPS) is 12.9. The Morgan fingerprint density at radius 3 is 2.80 bits per heavy atom. The molecule has 3 nitrogen and oxygen atoms in total. The van der Waals surface area contributed by atoms with Crippen molar-refractivity contribution in [3.05, 3.63) is 34.3 Å². The maximum absolute atomic E-state index is 11.8. The van der Waals surface area contributed by atoms with E-state index in [4.69, 9.17) is 27.9 Å². The summed E-state index contributed by atoms with van der Waals surface area (Å²) in [7, 11) is 3.08. The van der Waals surface area contributed by atoms with Gasteiger partial charge in [0.25, 0.3) is 0 Å². The molecule has 1 aromatic rings. The first-order valence-corrected chi connectivity index (χ1v) is 9.09. The number of rotatable bonds is 5. The highest BCUT2D eigenvalue weighted by atomic mass is 35.5. The molecule has 1 aromatic carbocycles. The first kappa shape index (κ1) is 17.6. The molecule has 1 unspecified atom stereocenters. The van der Waals surface area contributed by atoms with Crippen molar-refractivity contribution in [2.24, 2.45) is 0 Å². The molecule has 1 N–H and O–H groups in total. The fourth-order valence-electron chi connectivity index (χ4n) is 1.35. The molecule has 0 fully saturated rings. The Bertz CT molecular complexity index is 509. The van der Waals surface area contributed by atoms with Crippen LogP contribution in [0, 0.1) is 0 Å². The molecule has 7 heteroatoms. The first-order chi connectivity index (χ1) is 9.47. The average molecular weight is 352 g/mol. The zero-order valence-electron chi connectivity index (χ0n) is 11.3. The van der Waals surface area contributed by atoms with Crippen molar-refractivity contribution in [1.29, 1.82) is 0 Å². The number of allylic oxidation sites excluding steroid dienone is 1. The van der Waals surface area contributed by atoms with Gasteiger partial charge in [-0.1, -0.05) is 50.9 Å². The van der Waals surface area contributed by atoms with E-state index in [2.05, 4.69) is 5.32 Å². The number of carbonyl (C=O) groups is 1. The second-order valence-electron chi connectivity index (χ2n) is 3.74.